The zero-order valence-electron chi connectivity index (χ0n) is 15.5. The lowest BCUT2D eigenvalue weighted by molar-refractivity contribution is 0.108. The highest BCUT2D eigenvalue weighted by Gasteiger charge is 2.29. The van der Waals surface area contributed by atoms with Crippen molar-refractivity contribution in [1.29, 1.82) is 0 Å². The van der Waals surface area contributed by atoms with Gasteiger partial charge in [0.25, 0.3) is 0 Å². The molecule has 138 valence electrons. The number of carbonyl (C=O) groups is 1. The summed E-state index contributed by atoms with van der Waals surface area (Å²) in [7, 11) is 3.79. The maximum atomic E-state index is 12.8. The second-order valence-corrected chi connectivity index (χ2v) is 6.79. The van der Waals surface area contributed by atoms with E-state index >= 15 is 0 Å². The highest BCUT2D eigenvalue weighted by atomic mass is 16.5. The Morgan fingerprint density at radius 2 is 1.88 bits per heavy atom. The molecule has 0 aliphatic carbocycles. The quantitative estimate of drug-likeness (QED) is 0.899. The molecular formula is C21H27N3O2. The van der Waals surface area contributed by atoms with Gasteiger partial charge in [-0.2, -0.15) is 0 Å². The third kappa shape index (κ3) is 4.62. The van der Waals surface area contributed by atoms with E-state index in [2.05, 4.69) is 35.5 Å². The van der Waals surface area contributed by atoms with Crippen molar-refractivity contribution in [3.8, 4) is 0 Å². The van der Waals surface area contributed by atoms with Crippen LogP contribution in [0.1, 0.15) is 22.7 Å². The molecule has 1 unspecified atom stereocenters. The van der Waals surface area contributed by atoms with Gasteiger partial charge in [-0.3, -0.25) is 0 Å². The van der Waals surface area contributed by atoms with Crippen LogP contribution in [0.2, 0.25) is 0 Å². The maximum Gasteiger partial charge on any atom is 0.318 e. The molecule has 2 aromatic rings. The van der Waals surface area contributed by atoms with Gasteiger partial charge in [0.1, 0.15) is 0 Å². The van der Waals surface area contributed by atoms with E-state index in [0.29, 0.717) is 13.2 Å². The van der Waals surface area contributed by atoms with E-state index in [0.717, 1.165) is 30.8 Å². The fourth-order valence-corrected chi connectivity index (χ4v) is 3.40. The predicted octanol–water partition coefficient (Wildman–Crippen LogP) is 3.03. The summed E-state index contributed by atoms with van der Waals surface area (Å²) in [5.74, 6) is 0. The zero-order valence-corrected chi connectivity index (χ0v) is 15.5. The fourth-order valence-electron chi connectivity index (χ4n) is 3.40. The molecule has 1 aliphatic rings. The molecule has 1 N–H and O–H groups in total. The number of benzene rings is 2. The van der Waals surface area contributed by atoms with Crippen LogP contribution in [0.15, 0.2) is 54.6 Å². The lowest BCUT2D eigenvalue weighted by atomic mass is 10.0. The molecule has 1 saturated heterocycles. The highest BCUT2D eigenvalue weighted by molar-refractivity contribution is 5.75. The Morgan fingerprint density at radius 1 is 1.12 bits per heavy atom. The van der Waals surface area contributed by atoms with Crippen molar-refractivity contribution in [3.05, 3.63) is 71.3 Å². The molecule has 1 aliphatic heterocycles. The average Bonchev–Trinajstić information content (AvgIpc) is 2.67. The van der Waals surface area contributed by atoms with E-state index in [1.807, 2.05) is 41.3 Å². The second kappa shape index (κ2) is 8.83. The van der Waals surface area contributed by atoms with Gasteiger partial charge < -0.3 is 19.9 Å². The Morgan fingerprint density at radius 3 is 2.65 bits per heavy atom. The predicted molar refractivity (Wildman–Crippen MR) is 103 cm³/mol. The third-order valence-corrected chi connectivity index (χ3v) is 4.77. The molecule has 0 spiro atoms. The minimum absolute atomic E-state index is 0.0101. The average molecular weight is 353 g/mol. The Hall–Kier alpha value is -2.37. The topological polar surface area (TPSA) is 44.8 Å². The van der Waals surface area contributed by atoms with Gasteiger partial charge >= 0.3 is 6.03 Å². The largest absolute Gasteiger partial charge is 0.380 e. The van der Waals surface area contributed by atoms with Crippen LogP contribution in [-0.4, -0.2) is 49.6 Å². The van der Waals surface area contributed by atoms with Crippen LogP contribution in [-0.2, 0) is 17.9 Å². The van der Waals surface area contributed by atoms with E-state index < -0.39 is 0 Å². The molecule has 2 aromatic carbocycles. The molecule has 0 radical (unpaired) electrons. The summed E-state index contributed by atoms with van der Waals surface area (Å²) in [4.78, 5) is 17.1. The molecule has 1 heterocycles. The van der Waals surface area contributed by atoms with Crippen LogP contribution in [0, 0.1) is 0 Å². The van der Waals surface area contributed by atoms with E-state index in [1.165, 1.54) is 5.56 Å². The molecule has 1 atom stereocenters. The Kier molecular flexibility index (Phi) is 6.26. The number of piperazine rings is 1. The number of amides is 2. The number of carbonyl (C=O) groups excluding carboxylic acids is 1. The monoisotopic (exact) mass is 353 g/mol. The van der Waals surface area contributed by atoms with Gasteiger partial charge in [0.15, 0.2) is 0 Å². The number of ether oxygens (including phenoxy) is 1. The first kappa shape index (κ1) is 18.4. The van der Waals surface area contributed by atoms with Gasteiger partial charge in [0, 0.05) is 33.3 Å². The van der Waals surface area contributed by atoms with Crippen molar-refractivity contribution in [2.75, 3.05) is 33.8 Å². The van der Waals surface area contributed by atoms with Gasteiger partial charge in [-0.25, -0.2) is 4.79 Å². The summed E-state index contributed by atoms with van der Waals surface area (Å²) in [5.41, 5.74) is 3.37. The number of hydrogen-bond acceptors (Lipinski definition) is 3. The first-order valence-electron chi connectivity index (χ1n) is 9.02. The van der Waals surface area contributed by atoms with Crippen LogP contribution in [0.3, 0.4) is 0 Å². The summed E-state index contributed by atoms with van der Waals surface area (Å²) in [6, 6.07) is 18.4. The first-order chi connectivity index (χ1) is 12.7. The number of rotatable bonds is 5. The standard InChI is InChI=1S/C21H27N3O2/c1-23-11-12-24(20(15-23)19-9-4-3-5-10-19)21(25)22-14-17-7-6-8-18(13-17)16-26-2/h3-10,13,20H,11-12,14-16H2,1-2H3,(H,22,25). The van der Waals surface area contributed by atoms with Crippen molar-refractivity contribution in [3.63, 3.8) is 0 Å². The Bertz CT molecular complexity index is 720. The van der Waals surface area contributed by atoms with E-state index in [4.69, 9.17) is 4.74 Å². The SMILES string of the molecule is COCc1cccc(CNC(=O)N2CCN(C)CC2c2ccccc2)c1. The molecule has 5 nitrogen and oxygen atoms in total. The molecule has 0 saturated carbocycles. The summed E-state index contributed by atoms with van der Waals surface area (Å²) < 4.78 is 5.18. The number of methoxy groups -OCH3 is 1. The molecule has 0 bridgehead atoms. The first-order valence-corrected chi connectivity index (χ1v) is 9.02. The molecule has 5 heteroatoms. The van der Waals surface area contributed by atoms with Crippen molar-refractivity contribution >= 4 is 6.03 Å². The van der Waals surface area contributed by atoms with Gasteiger partial charge in [0.05, 0.1) is 12.6 Å². The number of likely N-dealkylation sites (N-methyl/N-ethyl adjacent to an activating group) is 1. The van der Waals surface area contributed by atoms with Gasteiger partial charge in [-0.05, 0) is 23.7 Å². The van der Waals surface area contributed by atoms with Crippen molar-refractivity contribution < 1.29 is 9.53 Å². The van der Waals surface area contributed by atoms with Crippen LogP contribution < -0.4 is 5.32 Å². The summed E-state index contributed by atoms with van der Waals surface area (Å²) >= 11 is 0. The number of nitrogens with zero attached hydrogens (tertiary/aromatic N) is 2. The molecular weight excluding hydrogens is 326 g/mol. The summed E-state index contributed by atoms with van der Waals surface area (Å²) in [5, 5.41) is 3.08. The van der Waals surface area contributed by atoms with Crippen molar-refractivity contribution in [2.24, 2.45) is 0 Å². The minimum Gasteiger partial charge on any atom is -0.380 e. The van der Waals surface area contributed by atoms with Crippen molar-refractivity contribution in [2.45, 2.75) is 19.2 Å². The van der Waals surface area contributed by atoms with Crippen LogP contribution >= 0.6 is 0 Å². The number of urea groups is 1. The normalized spacial score (nSPS) is 17.9. The van der Waals surface area contributed by atoms with Crippen LogP contribution in [0.25, 0.3) is 0 Å². The van der Waals surface area contributed by atoms with Crippen LogP contribution in [0.4, 0.5) is 4.79 Å². The maximum absolute atomic E-state index is 12.8. The third-order valence-electron chi connectivity index (χ3n) is 4.77. The van der Waals surface area contributed by atoms with Gasteiger partial charge in [0.2, 0.25) is 0 Å². The van der Waals surface area contributed by atoms with E-state index in [1.54, 1.807) is 7.11 Å². The number of nitrogens with one attached hydrogen (secondary N) is 1. The molecule has 0 aromatic heterocycles. The molecule has 1 fully saturated rings. The lowest BCUT2D eigenvalue weighted by Crippen LogP contribution is -2.52. The highest BCUT2D eigenvalue weighted by Crippen LogP contribution is 2.24. The van der Waals surface area contributed by atoms with E-state index in [9.17, 15) is 4.79 Å². The fraction of sp³-hybridized carbons (Fsp3) is 0.381. The molecule has 3 rings (SSSR count). The minimum atomic E-state index is -0.0101. The summed E-state index contributed by atoms with van der Waals surface area (Å²) in [6.07, 6.45) is 0. The summed E-state index contributed by atoms with van der Waals surface area (Å²) in [6.45, 7) is 3.56. The molecule has 26 heavy (non-hydrogen) atoms. The Labute approximate surface area is 155 Å². The smallest absolute Gasteiger partial charge is 0.318 e. The Balaban J connectivity index is 1.66. The zero-order chi connectivity index (χ0) is 18.4. The van der Waals surface area contributed by atoms with Gasteiger partial charge in [-0.1, -0.05) is 54.6 Å². The van der Waals surface area contributed by atoms with Crippen LogP contribution in [0.5, 0.6) is 0 Å². The lowest BCUT2D eigenvalue weighted by Gasteiger charge is -2.40. The van der Waals surface area contributed by atoms with Gasteiger partial charge in [-0.15, -0.1) is 0 Å². The second-order valence-electron chi connectivity index (χ2n) is 6.79. The van der Waals surface area contributed by atoms with Crippen molar-refractivity contribution in [1.82, 2.24) is 15.1 Å². The number of hydrogen-bond donors (Lipinski definition) is 1. The molecule has 2 amide bonds. The van der Waals surface area contributed by atoms with E-state index in [-0.39, 0.29) is 12.1 Å².